The molecule has 0 fully saturated rings. The molecule has 1 aromatic rings. The van der Waals surface area contributed by atoms with E-state index in [-0.39, 0.29) is 12.1 Å². The monoisotopic (exact) mass is 220 g/mol. The van der Waals surface area contributed by atoms with Crippen molar-refractivity contribution >= 4 is 5.97 Å². The maximum Gasteiger partial charge on any atom is 0.302 e. The molecule has 16 heavy (non-hydrogen) atoms. The first-order chi connectivity index (χ1) is 7.50. The molecule has 0 aliphatic carbocycles. The van der Waals surface area contributed by atoms with Crippen LogP contribution in [0.25, 0.3) is 0 Å². The lowest BCUT2D eigenvalue weighted by Crippen LogP contribution is -2.16. The van der Waals surface area contributed by atoms with Crippen LogP contribution in [0.15, 0.2) is 24.3 Å². The van der Waals surface area contributed by atoms with Crippen molar-refractivity contribution in [2.45, 2.75) is 46.1 Å². The van der Waals surface area contributed by atoms with Crippen LogP contribution in [-0.2, 0) is 16.0 Å². The quantitative estimate of drug-likeness (QED) is 0.728. The Morgan fingerprint density at radius 1 is 1.25 bits per heavy atom. The highest BCUT2D eigenvalue weighted by molar-refractivity contribution is 5.66. The predicted molar refractivity (Wildman–Crippen MR) is 65.5 cm³/mol. The normalized spacial score (nSPS) is 12.6. The largest absolute Gasteiger partial charge is 0.463 e. The van der Waals surface area contributed by atoms with Crippen LogP contribution < -0.4 is 0 Å². The van der Waals surface area contributed by atoms with E-state index in [1.165, 1.54) is 18.1 Å². The van der Waals surface area contributed by atoms with Gasteiger partial charge in [0.25, 0.3) is 0 Å². The summed E-state index contributed by atoms with van der Waals surface area (Å²) in [4.78, 5) is 10.8. The van der Waals surface area contributed by atoms with Gasteiger partial charge in [0.2, 0.25) is 0 Å². The van der Waals surface area contributed by atoms with Gasteiger partial charge >= 0.3 is 5.97 Å². The highest BCUT2D eigenvalue weighted by Crippen LogP contribution is 2.20. The summed E-state index contributed by atoms with van der Waals surface area (Å²) >= 11 is 0. The molecule has 0 heterocycles. The Balaban J connectivity index is 2.76. The van der Waals surface area contributed by atoms with Gasteiger partial charge in [0, 0.05) is 13.3 Å². The van der Waals surface area contributed by atoms with Crippen molar-refractivity contribution in [3.8, 4) is 0 Å². The van der Waals surface area contributed by atoms with E-state index >= 15 is 0 Å². The third-order valence-corrected chi connectivity index (χ3v) is 2.55. The molecule has 2 nitrogen and oxygen atoms in total. The number of hydrogen-bond acceptors (Lipinski definition) is 2. The molecule has 0 amide bonds. The third kappa shape index (κ3) is 3.69. The first-order valence-electron chi connectivity index (χ1n) is 5.75. The molecule has 0 aliphatic heterocycles. The summed E-state index contributed by atoms with van der Waals surface area (Å²) in [6.45, 7) is 7.73. The van der Waals surface area contributed by atoms with E-state index in [9.17, 15) is 4.79 Å². The number of carbonyl (C=O) groups is 1. The number of rotatable bonds is 4. The van der Waals surface area contributed by atoms with Gasteiger partial charge in [0.1, 0.15) is 6.10 Å². The molecule has 2 heteroatoms. The van der Waals surface area contributed by atoms with Gasteiger partial charge in [-0.15, -0.1) is 0 Å². The van der Waals surface area contributed by atoms with Crippen molar-refractivity contribution < 1.29 is 9.53 Å². The first kappa shape index (κ1) is 12.8. The van der Waals surface area contributed by atoms with Gasteiger partial charge in [-0.1, -0.05) is 38.1 Å². The maximum atomic E-state index is 10.8. The molecule has 88 valence electrons. The van der Waals surface area contributed by atoms with Gasteiger partial charge in [-0.05, 0) is 24.0 Å². The van der Waals surface area contributed by atoms with E-state index in [2.05, 4.69) is 32.0 Å². The number of hydrogen-bond donors (Lipinski definition) is 0. The van der Waals surface area contributed by atoms with Gasteiger partial charge in [-0.2, -0.15) is 0 Å². The first-order valence-corrected chi connectivity index (χ1v) is 5.75. The van der Waals surface area contributed by atoms with Crippen LogP contribution in [0.3, 0.4) is 0 Å². The predicted octanol–water partition coefficient (Wildman–Crippen LogP) is 3.30. The molecular weight excluding hydrogens is 200 g/mol. The van der Waals surface area contributed by atoms with Crippen molar-refractivity contribution in [2.75, 3.05) is 0 Å². The number of ether oxygens (including phenoxy) is 1. The second-order valence-electron chi connectivity index (χ2n) is 4.48. The topological polar surface area (TPSA) is 26.3 Å². The van der Waals surface area contributed by atoms with Crippen LogP contribution in [0, 0.1) is 0 Å². The summed E-state index contributed by atoms with van der Waals surface area (Å²) in [6, 6.07) is 8.33. The number of benzene rings is 1. The molecule has 0 bridgehead atoms. The second-order valence-corrected chi connectivity index (χ2v) is 4.48. The molecule has 0 radical (unpaired) electrons. The van der Waals surface area contributed by atoms with E-state index in [1.54, 1.807) is 0 Å². The zero-order chi connectivity index (χ0) is 12.1. The smallest absolute Gasteiger partial charge is 0.302 e. The molecule has 0 aromatic heterocycles. The average Bonchev–Trinajstić information content (AvgIpc) is 2.16. The van der Waals surface area contributed by atoms with E-state index in [0.717, 1.165) is 6.42 Å². The molecule has 1 unspecified atom stereocenters. The zero-order valence-electron chi connectivity index (χ0n) is 10.5. The van der Waals surface area contributed by atoms with Gasteiger partial charge < -0.3 is 4.74 Å². The van der Waals surface area contributed by atoms with Crippen LogP contribution in [-0.4, -0.2) is 12.1 Å². The van der Waals surface area contributed by atoms with Crippen molar-refractivity contribution in [3.63, 3.8) is 0 Å². The molecule has 1 aromatic carbocycles. The van der Waals surface area contributed by atoms with Gasteiger partial charge in [0.05, 0.1) is 0 Å². The molecule has 0 N–H and O–H groups in total. The fraction of sp³-hybridized carbons (Fsp3) is 0.500. The van der Waals surface area contributed by atoms with Gasteiger partial charge in [-0.3, -0.25) is 4.79 Å². The van der Waals surface area contributed by atoms with E-state index in [0.29, 0.717) is 5.92 Å². The Morgan fingerprint density at radius 2 is 1.88 bits per heavy atom. The number of carbonyl (C=O) groups excluding carboxylic acids is 1. The van der Waals surface area contributed by atoms with Gasteiger partial charge in [0.15, 0.2) is 0 Å². The van der Waals surface area contributed by atoms with Crippen LogP contribution in [0.1, 0.15) is 44.7 Å². The minimum Gasteiger partial charge on any atom is -0.463 e. The minimum absolute atomic E-state index is 0.0580. The summed E-state index contributed by atoms with van der Waals surface area (Å²) in [6.07, 6.45) is 0.728. The van der Waals surface area contributed by atoms with Crippen molar-refractivity contribution in [1.82, 2.24) is 0 Å². The molecule has 1 atom stereocenters. The maximum absolute atomic E-state index is 10.8. The lowest BCUT2D eigenvalue weighted by molar-refractivity contribution is -0.145. The van der Waals surface area contributed by atoms with E-state index < -0.39 is 0 Å². The average molecular weight is 220 g/mol. The Labute approximate surface area is 97.6 Å². The van der Waals surface area contributed by atoms with Gasteiger partial charge in [-0.25, -0.2) is 0 Å². The molecule has 0 saturated heterocycles. The summed E-state index contributed by atoms with van der Waals surface area (Å²) < 4.78 is 5.15. The SMILES string of the molecule is CC(=O)OC(C)Cc1ccccc1C(C)C. The van der Waals surface area contributed by atoms with Crippen LogP contribution in [0.5, 0.6) is 0 Å². The van der Waals surface area contributed by atoms with Crippen molar-refractivity contribution in [2.24, 2.45) is 0 Å². The summed E-state index contributed by atoms with van der Waals surface area (Å²) in [5.41, 5.74) is 2.60. The number of esters is 1. The Hall–Kier alpha value is -1.31. The Kier molecular flexibility index (Phi) is 4.53. The zero-order valence-corrected chi connectivity index (χ0v) is 10.5. The minimum atomic E-state index is -0.213. The molecular formula is C14H20O2. The van der Waals surface area contributed by atoms with E-state index in [1.807, 2.05) is 13.0 Å². The fourth-order valence-electron chi connectivity index (χ4n) is 1.92. The van der Waals surface area contributed by atoms with Crippen molar-refractivity contribution in [1.29, 1.82) is 0 Å². The third-order valence-electron chi connectivity index (χ3n) is 2.55. The summed E-state index contributed by atoms with van der Waals surface area (Å²) in [7, 11) is 0. The molecule has 0 saturated carbocycles. The molecule has 0 spiro atoms. The second kappa shape index (κ2) is 5.69. The molecule has 0 aliphatic rings. The lowest BCUT2D eigenvalue weighted by Gasteiger charge is -2.16. The Bertz CT molecular complexity index is 356. The highest BCUT2D eigenvalue weighted by atomic mass is 16.5. The fourth-order valence-corrected chi connectivity index (χ4v) is 1.92. The summed E-state index contributed by atoms with van der Waals surface area (Å²) in [5, 5.41) is 0. The highest BCUT2D eigenvalue weighted by Gasteiger charge is 2.11. The summed E-state index contributed by atoms with van der Waals surface area (Å²) in [5.74, 6) is 0.287. The van der Waals surface area contributed by atoms with E-state index in [4.69, 9.17) is 4.74 Å². The van der Waals surface area contributed by atoms with Crippen LogP contribution >= 0.6 is 0 Å². The van der Waals surface area contributed by atoms with Crippen LogP contribution in [0.4, 0.5) is 0 Å². The lowest BCUT2D eigenvalue weighted by atomic mass is 9.94. The van der Waals surface area contributed by atoms with Crippen LogP contribution in [0.2, 0.25) is 0 Å². The molecule has 1 rings (SSSR count). The standard InChI is InChI=1S/C14H20O2/c1-10(2)14-8-6-5-7-13(14)9-11(3)16-12(4)15/h5-8,10-11H,9H2,1-4H3. The van der Waals surface area contributed by atoms with Crippen molar-refractivity contribution in [3.05, 3.63) is 35.4 Å². The Morgan fingerprint density at radius 3 is 2.44 bits per heavy atom.